The Morgan fingerprint density at radius 1 is 0.783 bits per heavy atom. The minimum absolute atomic E-state index is 0.0136. The second-order valence-corrected chi connectivity index (χ2v) is 26.9. The lowest BCUT2D eigenvalue weighted by atomic mass is 9.78. The van der Waals surface area contributed by atoms with E-state index in [0.717, 1.165) is 41.9 Å². The zero-order chi connectivity index (χ0) is 66.4. The van der Waals surface area contributed by atoms with Crippen molar-refractivity contribution in [1.82, 2.24) is 29.7 Å². The lowest BCUT2D eigenvalue weighted by molar-refractivity contribution is -0.265. The normalized spacial score (nSPS) is 34.9. The zero-order valence-electron chi connectivity index (χ0n) is 56.1. The van der Waals surface area contributed by atoms with Gasteiger partial charge in [-0.05, 0) is 119 Å². The maximum atomic E-state index is 14.7. The van der Waals surface area contributed by atoms with Crippen molar-refractivity contribution in [1.29, 1.82) is 0 Å². The molecule has 2 aromatic heterocycles. The molecule has 1 aliphatic carbocycles. The number of carbonyl (C=O) groups excluding carboxylic acids is 4. The number of aromatic nitrogens is 4. The second kappa shape index (κ2) is 33.4. The minimum Gasteiger partial charge on any atom is -0.460 e. The predicted octanol–water partition coefficient (Wildman–Crippen LogP) is 6.58. The van der Waals surface area contributed by atoms with Gasteiger partial charge in [0.2, 0.25) is 17.7 Å². The van der Waals surface area contributed by atoms with E-state index in [0.29, 0.717) is 114 Å². The molecule has 8 rings (SSSR count). The van der Waals surface area contributed by atoms with Crippen molar-refractivity contribution < 1.29 is 68.1 Å². The number of Topliss-reactive ketones (excluding diaryl/α,β-unsaturated/α-hetero) is 1. The number of oxime groups is 1. The van der Waals surface area contributed by atoms with Gasteiger partial charge in [0.1, 0.15) is 24.4 Å². The van der Waals surface area contributed by atoms with E-state index in [-0.39, 0.29) is 61.7 Å². The lowest BCUT2D eigenvalue weighted by Gasteiger charge is -2.43. The third-order valence-electron chi connectivity index (χ3n) is 19.9. The summed E-state index contributed by atoms with van der Waals surface area (Å²) in [6.45, 7) is 18.5. The van der Waals surface area contributed by atoms with E-state index in [4.69, 9.17) is 38.5 Å². The Balaban J connectivity index is 1.03. The molecule has 6 aliphatic rings. The van der Waals surface area contributed by atoms with Crippen LogP contribution < -0.4 is 9.80 Å². The highest BCUT2D eigenvalue weighted by Gasteiger charge is 2.53. The van der Waals surface area contributed by atoms with Crippen LogP contribution in [0.4, 0.5) is 11.9 Å². The first-order valence-corrected chi connectivity index (χ1v) is 33.4. The third-order valence-corrected chi connectivity index (χ3v) is 19.9. The molecule has 2 bridgehead atoms. The van der Waals surface area contributed by atoms with Crippen LogP contribution in [0.3, 0.4) is 0 Å². The maximum absolute atomic E-state index is 14.7. The molecule has 92 heavy (non-hydrogen) atoms. The van der Waals surface area contributed by atoms with Crippen molar-refractivity contribution in [2.75, 3.05) is 77.0 Å². The fraction of sp³-hybridized carbons (Fsp3) is 0.696. The molecular weight excluding hydrogens is 1180 g/mol. The minimum atomic E-state index is -2.45. The smallest absolute Gasteiger partial charge is 0.329 e. The van der Waals surface area contributed by atoms with E-state index < -0.39 is 84.1 Å². The van der Waals surface area contributed by atoms with Crippen LogP contribution in [0.25, 0.3) is 0 Å². The summed E-state index contributed by atoms with van der Waals surface area (Å²) in [6, 6.07) is -1.15. The van der Waals surface area contributed by atoms with E-state index in [2.05, 4.69) is 37.9 Å². The number of aliphatic hydroxyl groups is 4. The first-order valence-electron chi connectivity index (χ1n) is 33.4. The summed E-state index contributed by atoms with van der Waals surface area (Å²) in [5.41, 5.74) is 4.49. The van der Waals surface area contributed by atoms with Crippen LogP contribution >= 0.6 is 0 Å². The molecule has 2 amide bonds. The number of anilines is 2. The van der Waals surface area contributed by atoms with Crippen LogP contribution in [0, 0.1) is 42.4 Å². The molecule has 4 N–H and O–H groups in total. The number of aliphatic hydroxyl groups excluding tert-OH is 3. The number of amides is 2. The van der Waals surface area contributed by atoms with E-state index in [9.17, 15) is 39.6 Å². The number of esters is 1. The van der Waals surface area contributed by atoms with Gasteiger partial charge in [0.05, 0.1) is 41.9 Å². The Morgan fingerprint density at radius 3 is 2.21 bits per heavy atom. The van der Waals surface area contributed by atoms with Crippen LogP contribution in [0.5, 0.6) is 0 Å². The largest absolute Gasteiger partial charge is 0.460 e. The zero-order valence-corrected chi connectivity index (χ0v) is 56.1. The number of allylic oxidation sites excluding steroid dienone is 5. The Kier molecular flexibility index (Phi) is 26.0. The first kappa shape index (κ1) is 71.8. The van der Waals surface area contributed by atoms with Crippen molar-refractivity contribution in [3.63, 3.8) is 0 Å². The Labute approximate surface area is 543 Å². The van der Waals surface area contributed by atoms with Gasteiger partial charge in [-0.2, -0.15) is 0 Å². The molecule has 0 aromatic carbocycles. The number of carbonyl (C=O) groups is 4. The van der Waals surface area contributed by atoms with Crippen LogP contribution in [0.2, 0.25) is 0 Å². The number of fused-ring (bicyclic) bond motifs is 4. The Hall–Kier alpha value is -6.05. The van der Waals surface area contributed by atoms with Crippen molar-refractivity contribution in [3.05, 3.63) is 83.0 Å². The predicted molar refractivity (Wildman–Crippen MR) is 347 cm³/mol. The van der Waals surface area contributed by atoms with Gasteiger partial charge in [0.15, 0.2) is 6.61 Å². The number of hydrogen-bond donors (Lipinski definition) is 4. The molecule has 1 saturated carbocycles. The average Bonchev–Trinajstić information content (AvgIpc) is 0.794. The number of ketones is 1. The molecule has 3 saturated heterocycles. The summed E-state index contributed by atoms with van der Waals surface area (Å²) < 4.78 is 30.4. The number of piperazine rings is 1. The first-order chi connectivity index (χ1) is 44.0. The van der Waals surface area contributed by atoms with Gasteiger partial charge in [0, 0.05) is 128 Å². The summed E-state index contributed by atoms with van der Waals surface area (Å²) >= 11 is 0. The fourth-order valence-corrected chi connectivity index (χ4v) is 14.0. The lowest BCUT2D eigenvalue weighted by Crippen LogP contribution is -2.61. The van der Waals surface area contributed by atoms with Crippen molar-refractivity contribution in [3.8, 4) is 0 Å². The summed E-state index contributed by atoms with van der Waals surface area (Å²) in [5.74, 6) is -6.13. The van der Waals surface area contributed by atoms with Crippen LogP contribution in [-0.2, 0) is 60.7 Å². The molecule has 23 heteroatoms. The third kappa shape index (κ3) is 18.2. The van der Waals surface area contributed by atoms with Crippen molar-refractivity contribution in [2.24, 2.45) is 40.7 Å². The number of cyclic esters (lactones) is 1. The molecule has 16 atom stereocenters. The summed E-state index contributed by atoms with van der Waals surface area (Å²) in [6.07, 6.45) is 16.7. The molecular formula is C69H103N9O14. The van der Waals surface area contributed by atoms with E-state index in [1.807, 2.05) is 71.3 Å². The quantitative estimate of drug-likeness (QED) is 0.0800. The standard InChI is InChI=1S/C69H103N9O14/c1-42-17-13-12-14-18-44(3)57(87-9)35-52-22-20-49(8)69(86,92-52)64(83)65(84)78-25-16-15-19-54(78)66(85)91-58(46(5)33-50-21-23-55(79)59(34-50)88-10)36-56(80)45(4)32-48(7)62(82)63(89-11)61(47(6)31-42)74-90-41-60(81)77-26-24-53-51(40-77)39-72-68(73-53)76-29-27-75(28-30-76)67-70-37-43(2)38-71-67/h12-14,17-18,32,37-39,42,45-47,49-50,52,54-59,62-63,79-80,82,86H,15-16,19-31,33-36,40-41H2,1-11H3/b14-12+,17-13+,44-18+,48-32+,74-61+/t42-,45-,46-,47-,49-,50+,52+,54+,55-,56-,57+,58+,59-,62-,63+,69-/m1/s1. The van der Waals surface area contributed by atoms with E-state index in [1.165, 1.54) is 12.0 Å². The van der Waals surface area contributed by atoms with Crippen LogP contribution in [-0.4, -0.2) is 207 Å². The van der Waals surface area contributed by atoms with Gasteiger partial charge in [-0.25, -0.2) is 24.7 Å². The highest BCUT2D eigenvalue weighted by atomic mass is 16.6. The SMILES string of the molecule is CO[C@H]1C[C@@H]2CC[C@@H](C)[C@@](O)(O2)C(=O)C(=O)N2CCCC[C@H]2C(=O)O[C@H]([C@H](C)C[C@@H]2CC[C@@H](O)[C@H](OC)C2)C[C@@H](O)[C@H](C)/C=C(\C)[C@@H](O)[C@@H](OC)/C(=N/OCC(=O)N2CCc3nc(N4CCN(c5ncc(C)cn5)CC4)ncc3C2)[C@H](C)C[C@H](C)/C=C/C=C/C=C/1C. The molecule has 0 radical (unpaired) electrons. The molecule has 5 aliphatic heterocycles. The number of ether oxygens (including phenoxy) is 5. The molecule has 2 aromatic rings. The summed E-state index contributed by atoms with van der Waals surface area (Å²) in [4.78, 5) is 89.4. The van der Waals surface area contributed by atoms with Crippen molar-refractivity contribution in [2.45, 2.75) is 206 Å². The molecule has 0 unspecified atom stereocenters. The van der Waals surface area contributed by atoms with Gasteiger partial charge in [0.25, 0.3) is 17.6 Å². The number of aryl methyl sites for hydroxylation is 1. The number of piperidine rings is 1. The number of rotatable bonds is 11. The van der Waals surface area contributed by atoms with Gasteiger partial charge in [-0.15, -0.1) is 0 Å². The van der Waals surface area contributed by atoms with Crippen molar-refractivity contribution >= 4 is 41.2 Å². The van der Waals surface area contributed by atoms with Gasteiger partial charge in [-0.1, -0.05) is 76.2 Å². The maximum Gasteiger partial charge on any atom is 0.329 e. The summed E-state index contributed by atoms with van der Waals surface area (Å²) in [7, 11) is 4.65. The van der Waals surface area contributed by atoms with Gasteiger partial charge < -0.3 is 68.5 Å². The van der Waals surface area contributed by atoms with Crippen LogP contribution in [0.15, 0.2) is 71.3 Å². The number of hydrogen-bond acceptors (Lipinski definition) is 21. The van der Waals surface area contributed by atoms with Crippen LogP contribution in [0.1, 0.15) is 142 Å². The fourth-order valence-electron chi connectivity index (χ4n) is 14.0. The monoisotopic (exact) mass is 1280 g/mol. The Bertz CT molecular complexity index is 2950. The topological polar surface area (TPSA) is 281 Å². The highest BCUT2D eigenvalue weighted by molar-refractivity contribution is 6.39. The molecule has 508 valence electrons. The summed E-state index contributed by atoms with van der Waals surface area (Å²) in [5, 5.41) is 51.9. The average molecular weight is 1280 g/mol. The number of methoxy groups -OCH3 is 3. The molecule has 23 nitrogen and oxygen atoms in total. The Morgan fingerprint density at radius 2 is 1.50 bits per heavy atom. The molecule has 0 spiro atoms. The second-order valence-electron chi connectivity index (χ2n) is 26.9. The molecule has 7 heterocycles. The highest BCUT2D eigenvalue weighted by Crippen LogP contribution is 2.38. The molecule has 4 fully saturated rings. The van der Waals surface area contributed by atoms with Gasteiger partial charge in [-0.3, -0.25) is 14.4 Å². The van der Waals surface area contributed by atoms with Gasteiger partial charge >= 0.3 is 5.97 Å². The van der Waals surface area contributed by atoms with E-state index in [1.54, 1.807) is 45.2 Å². The number of nitrogens with zero attached hydrogens (tertiary/aromatic N) is 9. The van der Waals surface area contributed by atoms with E-state index >= 15 is 0 Å².